The van der Waals surface area contributed by atoms with Gasteiger partial charge in [0.1, 0.15) is 5.75 Å². The summed E-state index contributed by atoms with van der Waals surface area (Å²) >= 11 is 5.93. The van der Waals surface area contributed by atoms with Crippen LogP contribution < -0.4 is 10.1 Å². The Morgan fingerprint density at radius 3 is 2.67 bits per heavy atom. The van der Waals surface area contributed by atoms with Crippen molar-refractivity contribution in [3.8, 4) is 11.8 Å². The zero-order valence-electron chi connectivity index (χ0n) is 9.35. The lowest BCUT2D eigenvalue weighted by molar-refractivity contribution is 0.260. The van der Waals surface area contributed by atoms with Crippen LogP contribution in [0.2, 0.25) is 5.02 Å². The topological polar surface area (TPSA) is 45.0 Å². The van der Waals surface area contributed by atoms with E-state index in [4.69, 9.17) is 21.6 Å². The van der Waals surface area contributed by atoms with Crippen molar-refractivity contribution in [2.24, 2.45) is 0 Å². The van der Waals surface area contributed by atoms with Gasteiger partial charge in [-0.15, -0.1) is 0 Å². The molecule has 0 fully saturated rings. The monoisotopic (exact) mass is 256 g/mol. The molecule has 0 saturated carbocycles. The second-order valence-corrected chi connectivity index (χ2v) is 4.45. The van der Waals surface area contributed by atoms with E-state index in [1.807, 2.05) is 24.3 Å². The molecular weight excluding hydrogens is 248 g/mol. The molecule has 1 aliphatic heterocycles. The number of fused-ring (bicyclic) bond motifs is 1. The number of benzene rings is 2. The van der Waals surface area contributed by atoms with E-state index in [0.29, 0.717) is 10.6 Å². The Labute approximate surface area is 110 Å². The summed E-state index contributed by atoms with van der Waals surface area (Å²) in [6.07, 6.45) is -0.230. The van der Waals surface area contributed by atoms with Crippen LogP contribution in [0.5, 0.6) is 5.75 Å². The van der Waals surface area contributed by atoms with Gasteiger partial charge in [0.25, 0.3) is 0 Å². The molecule has 0 spiro atoms. The van der Waals surface area contributed by atoms with Gasteiger partial charge in [-0.3, -0.25) is 0 Å². The van der Waals surface area contributed by atoms with Gasteiger partial charge in [0.15, 0.2) is 6.23 Å². The van der Waals surface area contributed by atoms with E-state index >= 15 is 0 Å². The van der Waals surface area contributed by atoms with Gasteiger partial charge >= 0.3 is 0 Å². The van der Waals surface area contributed by atoms with Crippen LogP contribution in [0.25, 0.3) is 0 Å². The number of hydrogen-bond donors (Lipinski definition) is 1. The Morgan fingerprint density at radius 2 is 1.94 bits per heavy atom. The van der Waals surface area contributed by atoms with Gasteiger partial charge in [0.2, 0.25) is 0 Å². The molecule has 2 aromatic carbocycles. The fourth-order valence-corrected chi connectivity index (χ4v) is 2.07. The highest BCUT2D eigenvalue weighted by Crippen LogP contribution is 2.39. The number of anilines is 1. The number of nitriles is 1. The molecule has 0 amide bonds. The molecule has 2 aromatic rings. The first-order valence-corrected chi connectivity index (χ1v) is 5.87. The van der Waals surface area contributed by atoms with Crippen LogP contribution in [0.4, 0.5) is 5.69 Å². The lowest BCUT2D eigenvalue weighted by Gasteiger charge is -2.11. The number of hydrogen-bond acceptors (Lipinski definition) is 3. The van der Waals surface area contributed by atoms with Gasteiger partial charge in [-0.05, 0) is 30.3 Å². The van der Waals surface area contributed by atoms with Crippen LogP contribution in [-0.2, 0) is 0 Å². The molecule has 1 N–H and O–H groups in total. The first kappa shape index (κ1) is 10.9. The summed E-state index contributed by atoms with van der Waals surface area (Å²) in [4.78, 5) is 0. The number of halogens is 1. The van der Waals surface area contributed by atoms with Crippen molar-refractivity contribution >= 4 is 17.3 Å². The zero-order chi connectivity index (χ0) is 12.5. The molecular formula is C14H9ClN2O. The van der Waals surface area contributed by atoms with Crippen molar-refractivity contribution in [2.75, 3.05) is 5.32 Å². The van der Waals surface area contributed by atoms with Gasteiger partial charge in [-0.25, -0.2) is 0 Å². The number of rotatable bonds is 1. The van der Waals surface area contributed by atoms with Gasteiger partial charge in [0, 0.05) is 10.6 Å². The maximum Gasteiger partial charge on any atom is 0.196 e. The number of nitrogens with zero attached hydrogens (tertiary/aromatic N) is 1. The van der Waals surface area contributed by atoms with Crippen molar-refractivity contribution in [2.45, 2.75) is 6.23 Å². The predicted molar refractivity (Wildman–Crippen MR) is 69.6 cm³/mol. The molecule has 18 heavy (non-hydrogen) atoms. The van der Waals surface area contributed by atoms with Crippen molar-refractivity contribution in [3.63, 3.8) is 0 Å². The second kappa shape index (κ2) is 4.25. The molecule has 4 heteroatoms. The van der Waals surface area contributed by atoms with Gasteiger partial charge in [-0.2, -0.15) is 5.26 Å². The van der Waals surface area contributed by atoms with Crippen LogP contribution in [0.3, 0.4) is 0 Å². The SMILES string of the molecule is N#Cc1ccc([C@@H]2Nc3cc(Cl)ccc3O2)cc1. The number of nitrogens with one attached hydrogen (secondary N) is 1. The van der Waals surface area contributed by atoms with Crippen LogP contribution in [-0.4, -0.2) is 0 Å². The Bertz CT molecular complexity index is 631. The first-order chi connectivity index (χ1) is 8.76. The van der Waals surface area contributed by atoms with Crippen molar-refractivity contribution < 1.29 is 4.74 Å². The fourth-order valence-electron chi connectivity index (χ4n) is 1.90. The van der Waals surface area contributed by atoms with Crippen molar-refractivity contribution in [1.82, 2.24) is 0 Å². The van der Waals surface area contributed by atoms with Crippen LogP contribution in [0.1, 0.15) is 17.4 Å². The van der Waals surface area contributed by atoms with Crippen molar-refractivity contribution in [1.29, 1.82) is 5.26 Å². The largest absolute Gasteiger partial charge is 0.464 e. The smallest absolute Gasteiger partial charge is 0.196 e. The number of ether oxygens (including phenoxy) is 1. The molecule has 0 aromatic heterocycles. The molecule has 0 radical (unpaired) electrons. The second-order valence-electron chi connectivity index (χ2n) is 4.02. The minimum Gasteiger partial charge on any atom is -0.464 e. The summed E-state index contributed by atoms with van der Waals surface area (Å²) < 4.78 is 5.77. The summed E-state index contributed by atoms with van der Waals surface area (Å²) in [7, 11) is 0. The van der Waals surface area contributed by atoms with E-state index in [9.17, 15) is 0 Å². The Balaban J connectivity index is 1.87. The molecule has 3 nitrogen and oxygen atoms in total. The van der Waals surface area contributed by atoms with E-state index in [-0.39, 0.29) is 6.23 Å². The van der Waals surface area contributed by atoms with Crippen molar-refractivity contribution in [3.05, 3.63) is 58.6 Å². The molecule has 3 rings (SSSR count). The molecule has 1 atom stereocenters. The standard InChI is InChI=1S/C14H9ClN2O/c15-11-5-6-13-12(7-11)17-14(18-13)10-3-1-9(8-16)2-4-10/h1-7,14,17H/t14-/m1/s1. The molecule has 88 valence electrons. The zero-order valence-corrected chi connectivity index (χ0v) is 10.1. The van der Waals surface area contributed by atoms with Gasteiger partial charge in [0.05, 0.1) is 17.3 Å². The van der Waals surface area contributed by atoms with E-state index in [1.54, 1.807) is 18.2 Å². The third kappa shape index (κ3) is 1.87. The Kier molecular flexibility index (Phi) is 2.58. The van der Waals surface area contributed by atoms with Gasteiger partial charge < -0.3 is 10.1 Å². The molecule has 1 heterocycles. The lowest BCUT2D eigenvalue weighted by Crippen LogP contribution is -2.09. The summed E-state index contributed by atoms with van der Waals surface area (Å²) in [5.74, 6) is 0.786. The minimum absolute atomic E-state index is 0.230. The Hall–Kier alpha value is -2.18. The van der Waals surface area contributed by atoms with E-state index in [2.05, 4.69) is 11.4 Å². The van der Waals surface area contributed by atoms with Crippen LogP contribution in [0.15, 0.2) is 42.5 Å². The maximum absolute atomic E-state index is 8.75. The van der Waals surface area contributed by atoms with Crippen LogP contribution in [0, 0.1) is 11.3 Å². The molecule has 0 aliphatic carbocycles. The van der Waals surface area contributed by atoms with E-state index in [1.165, 1.54) is 0 Å². The summed E-state index contributed by atoms with van der Waals surface area (Å²) in [6, 6.07) is 14.9. The molecule has 0 saturated heterocycles. The van der Waals surface area contributed by atoms with E-state index < -0.39 is 0 Å². The third-order valence-electron chi connectivity index (χ3n) is 2.82. The lowest BCUT2D eigenvalue weighted by atomic mass is 10.1. The van der Waals surface area contributed by atoms with Gasteiger partial charge in [-0.1, -0.05) is 23.7 Å². The fraction of sp³-hybridized carbons (Fsp3) is 0.0714. The molecule has 0 bridgehead atoms. The quantitative estimate of drug-likeness (QED) is 0.846. The summed E-state index contributed by atoms with van der Waals surface area (Å²) in [5.41, 5.74) is 2.50. The minimum atomic E-state index is -0.230. The highest BCUT2D eigenvalue weighted by Gasteiger charge is 2.23. The summed E-state index contributed by atoms with van der Waals surface area (Å²) in [5, 5.41) is 12.7. The maximum atomic E-state index is 8.75. The first-order valence-electron chi connectivity index (χ1n) is 5.49. The average Bonchev–Trinajstić information content (AvgIpc) is 2.81. The highest BCUT2D eigenvalue weighted by atomic mass is 35.5. The van der Waals surface area contributed by atoms with E-state index in [0.717, 1.165) is 17.0 Å². The normalized spacial score (nSPS) is 16.3. The third-order valence-corrected chi connectivity index (χ3v) is 3.05. The average molecular weight is 257 g/mol. The predicted octanol–water partition coefficient (Wildman–Crippen LogP) is 3.71. The molecule has 1 aliphatic rings. The highest BCUT2D eigenvalue weighted by molar-refractivity contribution is 6.30. The summed E-state index contributed by atoms with van der Waals surface area (Å²) in [6.45, 7) is 0. The van der Waals surface area contributed by atoms with Crippen LogP contribution >= 0.6 is 11.6 Å². The molecule has 0 unspecified atom stereocenters. The Morgan fingerprint density at radius 1 is 1.17 bits per heavy atom.